The van der Waals surface area contributed by atoms with E-state index in [0.717, 1.165) is 39.1 Å². The molecule has 25 heavy (non-hydrogen) atoms. The first-order valence-corrected chi connectivity index (χ1v) is 10.0. The highest BCUT2D eigenvalue weighted by atomic mass is 32.1. The zero-order valence-corrected chi connectivity index (χ0v) is 15.5. The molecule has 4 rings (SSSR count). The highest BCUT2D eigenvalue weighted by molar-refractivity contribution is 7.03. The van der Waals surface area contributed by atoms with Crippen molar-refractivity contribution >= 4 is 23.3 Å². The minimum atomic E-state index is -0.399. The number of carbonyl (C=O) groups is 2. The standard InChI is InChI=1S/C17H25N5O2S/c1-13-10-22(15(23)14-11-25-19-18-14)12-17(13)4-7-21(16(17)24)9-8-20-5-2-3-6-20/h11,13H,2-10,12H2,1H3/t13-,17-/m1/s1. The predicted molar refractivity (Wildman–Crippen MR) is 94.3 cm³/mol. The Morgan fingerprint density at radius 1 is 1.32 bits per heavy atom. The van der Waals surface area contributed by atoms with Gasteiger partial charge in [0, 0.05) is 38.1 Å². The molecule has 3 fully saturated rings. The minimum Gasteiger partial charge on any atom is -0.341 e. The van der Waals surface area contributed by atoms with Crippen LogP contribution in [0, 0.1) is 11.3 Å². The highest BCUT2D eigenvalue weighted by Gasteiger charge is 2.55. The molecule has 4 heterocycles. The van der Waals surface area contributed by atoms with Crippen molar-refractivity contribution in [2.75, 3.05) is 45.8 Å². The lowest BCUT2D eigenvalue weighted by atomic mass is 9.78. The average Bonchev–Trinajstić information content (AvgIpc) is 3.38. The maximum Gasteiger partial charge on any atom is 0.275 e. The Hall–Kier alpha value is -1.54. The van der Waals surface area contributed by atoms with E-state index in [4.69, 9.17) is 0 Å². The molecule has 2 amide bonds. The lowest BCUT2D eigenvalue weighted by molar-refractivity contribution is -0.137. The molecule has 3 aliphatic heterocycles. The topological polar surface area (TPSA) is 69.6 Å². The summed E-state index contributed by atoms with van der Waals surface area (Å²) in [6.45, 7) is 8.18. The van der Waals surface area contributed by atoms with Gasteiger partial charge in [-0.1, -0.05) is 11.4 Å². The predicted octanol–water partition coefficient (Wildman–Crippen LogP) is 0.944. The summed E-state index contributed by atoms with van der Waals surface area (Å²) >= 11 is 1.18. The van der Waals surface area contributed by atoms with Crippen molar-refractivity contribution < 1.29 is 9.59 Å². The molecule has 0 aromatic carbocycles. The monoisotopic (exact) mass is 363 g/mol. The van der Waals surface area contributed by atoms with Gasteiger partial charge in [-0.05, 0) is 49.8 Å². The van der Waals surface area contributed by atoms with E-state index in [1.165, 1.54) is 24.4 Å². The first kappa shape index (κ1) is 16.9. The minimum absolute atomic E-state index is 0.0965. The molecule has 8 heteroatoms. The molecule has 1 aromatic rings. The van der Waals surface area contributed by atoms with Gasteiger partial charge in [0.25, 0.3) is 5.91 Å². The maximum atomic E-state index is 13.1. The molecule has 3 saturated heterocycles. The van der Waals surface area contributed by atoms with E-state index < -0.39 is 5.41 Å². The second-order valence-electron chi connectivity index (χ2n) is 7.62. The number of amides is 2. The summed E-state index contributed by atoms with van der Waals surface area (Å²) in [6, 6.07) is 0. The molecule has 136 valence electrons. The number of hydrogen-bond donors (Lipinski definition) is 0. The van der Waals surface area contributed by atoms with Crippen LogP contribution in [0.3, 0.4) is 0 Å². The summed E-state index contributed by atoms with van der Waals surface area (Å²) in [6.07, 6.45) is 3.40. The summed E-state index contributed by atoms with van der Waals surface area (Å²) in [5.74, 6) is 0.332. The molecule has 0 N–H and O–H groups in total. The third-order valence-electron chi connectivity index (χ3n) is 6.20. The fourth-order valence-electron chi connectivity index (χ4n) is 4.58. The zero-order chi connectivity index (χ0) is 17.4. The Kier molecular flexibility index (Phi) is 4.49. The molecule has 0 radical (unpaired) electrons. The average molecular weight is 363 g/mol. The van der Waals surface area contributed by atoms with Gasteiger partial charge in [-0.15, -0.1) is 5.10 Å². The summed E-state index contributed by atoms with van der Waals surface area (Å²) in [7, 11) is 0. The summed E-state index contributed by atoms with van der Waals surface area (Å²) in [4.78, 5) is 32.0. The first-order chi connectivity index (χ1) is 12.1. The molecular weight excluding hydrogens is 338 g/mol. The molecular formula is C17H25N5O2S. The van der Waals surface area contributed by atoms with Gasteiger partial charge in [0.1, 0.15) is 0 Å². The van der Waals surface area contributed by atoms with Gasteiger partial charge in [0.05, 0.1) is 5.41 Å². The molecule has 0 bridgehead atoms. The quantitative estimate of drug-likeness (QED) is 0.796. The molecule has 2 atom stereocenters. The Morgan fingerprint density at radius 2 is 2.12 bits per heavy atom. The summed E-state index contributed by atoms with van der Waals surface area (Å²) in [5, 5.41) is 5.56. The SMILES string of the molecule is C[C@@H]1CN(C(=O)c2csnn2)C[C@]12CCN(CCN1CCCC1)C2=O. The van der Waals surface area contributed by atoms with Crippen LogP contribution < -0.4 is 0 Å². The molecule has 1 spiro atoms. The third-order valence-corrected chi connectivity index (χ3v) is 6.71. The van der Waals surface area contributed by atoms with Crippen LogP contribution in [0.5, 0.6) is 0 Å². The van der Waals surface area contributed by atoms with E-state index in [1.807, 2.05) is 4.90 Å². The fourth-order valence-corrected chi connectivity index (χ4v) is 5.01. The van der Waals surface area contributed by atoms with Gasteiger partial charge in [-0.3, -0.25) is 9.59 Å². The van der Waals surface area contributed by atoms with Crippen molar-refractivity contribution in [3.63, 3.8) is 0 Å². The van der Waals surface area contributed by atoms with Crippen molar-refractivity contribution in [3.05, 3.63) is 11.1 Å². The number of carbonyl (C=O) groups excluding carboxylic acids is 2. The van der Waals surface area contributed by atoms with Crippen molar-refractivity contribution in [1.29, 1.82) is 0 Å². The van der Waals surface area contributed by atoms with Gasteiger partial charge in [-0.2, -0.15) is 0 Å². The molecule has 0 saturated carbocycles. The Bertz CT molecular complexity index is 645. The van der Waals surface area contributed by atoms with Crippen molar-refractivity contribution in [2.24, 2.45) is 11.3 Å². The number of hydrogen-bond acceptors (Lipinski definition) is 6. The number of aromatic nitrogens is 2. The number of nitrogens with zero attached hydrogens (tertiary/aromatic N) is 5. The molecule has 1 aromatic heterocycles. The van der Waals surface area contributed by atoms with E-state index in [0.29, 0.717) is 18.8 Å². The van der Waals surface area contributed by atoms with E-state index in [2.05, 4.69) is 21.4 Å². The van der Waals surface area contributed by atoms with Crippen molar-refractivity contribution in [3.8, 4) is 0 Å². The van der Waals surface area contributed by atoms with E-state index in [1.54, 1.807) is 10.3 Å². The van der Waals surface area contributed by atoms with Crippen LogP contribution in [0.1, 0.15) is 36.7 Å². The van der Waals surface area contributed by atoms with Crippen molar-refractivity contribution in [1.82, 2.24) is 24.3 Å². The van der Waals surface area contributed by atoms with Gasteiger partial charge in [0.2, 0.25) is 5.91 Å². The van der Waals surface area contributed by atoms with Crippen LogP contribution in [0.2, 0.25) is 0 Å². The lowest BCUT2D eigenvalue weighted by Crippen LogP contribution is -2.42. The van der Waals surface area contributed by atoms with Crippen LogP contribution in [0.4, 0.5) is 0 Å². The van der Waals surface area contributed by atoms with Gasteiger partial charge in [0.15, 0.2) is 5.69 Å². The van der Waals surface area contributed by atoms with Crippen LogP contribution in [-0.2, 0) is 4.79 Å². The Labute approximate surface area is 152 Å². The second-order valence-corrected chi connectivity index (χ2v) is 8.23. The molecule has 0 aliphatic carbocycles. The Morgan fingerprint density at radius 3 is 2.84 bits per heavy atom. The van der Waals surface area contributed by atoms with Crippen LogP contribution in [0.15, 0.2) is 5.38 Å². The van der Waals surface area contributed by atoms with Gasteiger partial charge < -0.3 is 14.7 Å². The highest BCUT2D eigenvalue weighted by Crippen LogP contribution is 2.44. The number of likely N-dealkylation sites (tertiary alicyclic amines) is 3. The fraction of sp³-hybridized carbons (Fsp3) is 0.765. The lowest BCUT2D eigenvalue weighted by Gasteiger charge is -2.27. The molecule has 3 aliphatic rings. The number of rotatable bonds is 4. The largest absolute Gasteiger partial charge is 0.341 e. The van der Waals surface area contributed by atoms with Crippen LogP contribution in [-0.4, -0.2) is 81.9 Å². The van der Waals surface area contributed by atoms with Crippen LogP contribution in [0.25, 0.3) is 0 Å². The van der Waals surface area contributed by atoms with Gasteiger partial charge >= 0.3 is 0 Å². The van der Waals surface area contributed by atoms with Crippen LogP contribution >= 0.6 is 11.5 Å². The van der Waals surface area contributed by atoms with E-state index >= 15 is 0 Å². The van der Waals surface area contributed by atoms with Crippen molar-refractivity contribution in [2.45, 2.75) is 26.2 Å². The zero-order valence-electron chi connectivity index (χ0n) is 14.7. The maximum absolute atomic E-state index is 13.1. The molecule has 0 unspecified atom stereocenters. The Balaban J connectivity index is 1.41. The second kappa shape index (κ2) is 6.64. The van der Waals surface area contributed by atoms with E-state index in [-0.39, 0.29) is 17.7 Å². The van der Waals surface area contributed by atoms with Gasteiger partial charge in [-0.25, -0.2) is 0 Å². The smallest absolute Gasteiger partial charge is 0.275 e. The summed E-state index contributed by atoms with van der Waals surface area (Å²) < 4.78 is 3.78. The normalized spacial score (nSPS) is 30.1. The summed E-state index contributed by atoms with van der Waals surface area (Å²) in [5.41, 5.74) is -0.00463. The van der Waals surface area contributed by atoms with E-state index in [9.17, 15) is 9.59 Å². The first-order valence-electron chi connectivity index (χ1n) is 9.18. The third kappa shape index (κ3) is 2.95. The molecule has 7 nitrogen and oxygen atoms in total.